The fourth-order valence-corrected chi connectivity index (χ4v) is 4.95. The summed E-state index contributed by atoms with van der Waals surface area (Å²) in [7, 11) is 0. The van der Waals surface area contributed by atoms with Crippen LogP contribution in [0.25, 0.3) is 0 Å². The summed E-state index contributed by atoms with van der Waals surface area (Å²) in [6, 6.07) is 15.7. The highest BCUT2D eigenvalue weighted by molar-refractivity contribution is 5.64. The van der Waals surface area contributed by atoms with Crippen LogP contribution in [0.5, 0.6) is 0 Å². The Bertz CT molecular complexity index is 922. The number of anilines is 1. The molecule has 0 radical (unpaired) electrons. The van der Waals surface area contributed by atoms with Crippen LogP contribution in [0, 0.1) is 23.1 Å². The normalized spacial score (nSPS) is 24.0. The van der Waals surface area contributed by atoms with Gasteiger partial charge in [0.15, 0.2) is 0 Å². The zero-order valence-corrected chi connectivity index (χ0v) is 15.1. The van der Waals surface area contributed by atoms with Crippen molar-refractivity contribution < 1.29 is 4.39 Å². The number of hydrogen-bond donors (Lipinski definition) is 0. The number of rotatable bonds is 2. The molecule has 0 saturated carbocycles. The molecule has 1 fully saturated rings. The number of fused-ring (bicyclic) bond motifs is 3. The summed E-state index contributed by atoms with van der Waals surface area (Å²) in [6.45, 7) is 2.63. The van der Waals surface area contributed by atoms with Crippen molar-refractivity contribution in [1.29, 1.82) is 5.26 Å². The summed E-state index contributed by atoms with van der Waals surface area (Å²) in [5.74, 6) is 0.347. The molecule has 3 aliphatic heterocycles. The summed E-state index contributed by atoms with van der Waals surface area (Å²) in [4.78, 5) is 9.12. The first-order chi connectivity index (χ1) is 13.3. The number of piperidine rings is 1. The van der Waals surface area contributed by atoms with Gasteiger partial charge in [-0.05, 0) is 54.7 Å². The van der Waals surface area contributed by atoms with E-state index in [9.17, 15) is 4.39 Å². The Hall–Kier alpha value is -2.87. The molecular formula is C22H21FN4. The van der Waals surface area contributed by atoms with E-state index in [1.165, 1.54) is 0 Å². The van der Waals surface area contributed by atoms with Crippen molar-refractivity contribution in [2.24, 2.45) is 10.9 Å². The second-order valence-electron chi connectivity index (χ2n) is 7.61. The number of benzene rings is 2. The van der Waals surface area contributed by atoms with Gasteiger partial charge in [0.25, 0.3) is 0 Å². The van der Waals surface area contributed by atoms with Gasteiger partial charge in [-0.3, -0.25) is 4.99 Å². The van der Waals surface area contributed by atoms with Gasteiger partial charge in [-0.25, -0.2) is 4.39 Å². The maximum Gasteiger partial charge on any atom is 0.128 e. The predicted molar refractivity (Wildman–Crippen MR) is 103 cm³/mol. The Morgan fingerprint density at radius 1 is 1.07 bits per heavy atom. The number of nitrogens with zero attached hydrogens (tertiary/aromatic N) is 4. The third-order valence-corrected chi connectivity index (χ3v) is 6.26. The van der Waals surface area contributed by atoms with Crippen LogP contribution in [0.3, 0.4) is 0 Å². The van der Waals surface area contributed by atoms with E-state index in [1.54, 1.807) is 6.07 Å². The van der Waals surface area contributed by atoms with E-state index in [1.807, 2.05) is 36.7 Å². The molecule has 3 aliphatic rings. The summed E-state index contributed by atoms with van der Waals surface area (Å²) in [6.07, 6.45) is 3.98. The van der Waals surface area contributed by atoms with Gasteiger partial charge in [-0.15, -0.1) is 0 Å². The molecule has 0 N–H and O–H groups in total. The highest BCUT2D eigenvalue weighted by Crippen LogP contribution is 2.50. The molecule has 2 aromatic carbocycles. The van der Waals surface area contributed by atoms with Crippen LogP contribution in [-0.2, 0) is 0 Å². The highest BCUT2D eigenvalue weighted by atomic mass is 19.1. The Morgan fingerprint density at radius 2 is 1.85 bits per heavy atom. The second kappa shape index (κ2) is 6.38. The minimum absolute atomic E-state index is 0.0742. The van der Waals surface area contributed by atoms with Crippen molar-refractivity contribution in [2.75, 3.05) is 24.5 Å². The number of nitriles is 1. The lowest BCUT2D eigenvalue weighted by Gasteiger charge is -2.39. The third-order valence-electron chi connectivity index (χ3n) is 6.26. The summed E-state index contributed by atoms with van der Waals surface area (Å²) < 4.78 is 14.7. The predicted octanol–water partition coefficient (Wildman–Crippen LogP) is 4.05. The smallest absolute Gasteiger partial charge is 0.128 e. The molecule has 2 unspecified atom stereocenters. The number of hydrogen-bond acceptors (Lipinski definition) is 4. The number of aliphatic imine (C=N–C) groups is 1. The van der Waals surface area contributed by atoms with Crippen molar-refractivity contribution in [3.8, 4) is 6.07 Å². The standard InChI is InChI=1S/C22H21FN4/c23-19-3-1-2-18-20-13-25-14-27(20)22(21(18)19)16-8-10-26(11-9-16)17-6-4-15(12-24)5-7-17/h1-7,14,16,20,22H,8-11,13H2. The van der Waals surface area contributed by atoms with Gasteiger partial charge in [-0.1, -0.05) is 12.1 Å². The quantitative estimate of drug-likeness (QED) is 0.811. The Labute approximate surface area is 158 Å². The van der Waals surface area contributed by atoms with E-state index in [-0.39, 0.29) is 17.9 Å². The summed E-state index contributed by atoms with van der Waals surface area (Å²) >= 11 is 0. The molecule has 0 spiro atoms. The molecule has 4 nitrogen and oxygen atoms in total. The van der Waals surface area contributed by atoms with Crippen molar-refractivity contribution in [2.45, 2.75) is 24.9 Å². The van der Waals surface area contributed by atoms with Crippen LogP contribution in [0.1, 0.15) is 41.6 Å². The number of halogens is 1. The molecule has 0 aliphatic carbocycles. The Kier molecular flexibility index (Phi) is 3.86. The molecular weight excluding hydrogens is 339 g/mol. The first-order valence-corrected chi connectivity index (χ1v) is 9.57. The van der Waals surface area contributed by atoms with E-state index in [4.69, 9.17) is 5.26 Å². The minimum Gasteiger partial charge on any atom is -0.372 e. The molecule has 3 heterocycles. The largest absolute Gasteiger partial charge is 0.372 e. The highest BCUT2D eigenvalue weighted by Gasteiger charge is 2.45. The summed E-state index contributed by atoms with van der Waals surface area (Å²) in [5.41, 5.74) is 3.86. The zero-order chi connectivity index (χ0) is 18.4. The lowest BCUT2D eigenvalue weighted by molar-refractivity contribution is 0.199. The topological polar surface area (TPSA) is 42.6 Å². The van der Waals surface area contributed by atoms with Gasteiger partial charge >= 0.3 is 0 Å². The molecule has 1 saturated heterocycles. The van der Waals surface area contributed by atoms with E-state index in [0.29, 0.717) is 11.5 Å². The Morgan fingerprint density at radius 3 is 2.59 bits per heavy atom. The van der Waals surface area contributed by atoms with Gasteiger partial charge in [0.1, 0.15) is 5.82 Å². The molecule has 0 aromatic heterocycles. The second-order valence-corrected chi connectivity index (χ2v) is 7.61. The average molecular weight is 360 g/mol. The molecule has 2 aromatic rings. The van der Waals surface area contributed by atoms with E-state index in [0.717, 1.165) is 49.3 Å². The van der Waals surface area contributed by atoms with Crippen molar-refractivity contribution in [3.05, 3.63) is 65.0 Å². The maximum atomic E-state index is 14.7. The van der Waals surface area contributed by atoms with E-state index >= 15 is 0 Å². The molecule has 0 bridgehead atoms. The first kappa shape index (κ1) is 16.3. The maximum absolute atomic E-state index is 14.7. The fourth-order valence-electron chi connectivity index (χ4n) is 4.95. The van der Waals surface area contributed by atoms with Crippen molar-refractivity contribution >= 4 is 12.0 Å². The van der Waals surface area contributed by atoms with Gasteiger partial charge in [0.2, 0.25) is 0 Å². The molecule has 5 heteroatoms. The Balaban J connectivity index is 1.36. The molecule has 136 valence electrons. The van der Waals surface area contributed by atoms with Crippen LogP contribution < -0.4 is 4.90 Å². The molecule has 2 atom stereocenters. The van der Waals surface area contributed by atoms with Crippen LogP contribution in [0.2, 0.25) is 0 Å². The van der Waals surface area contributed by atoms with Crippen LogP contribution in [0.15, 0.2) is 47.5 Å². The van der Waals surface area contributed by atoms with Gasteiger partial charge < -0.3 is 9.80 Å². The lowest BCUT2D eigenvalue weighted by Crippen LogP contribution is -2.38. The summed E-state index contributed by atoms with van der Waals surface area (Å²) in [5, 5.41) is 8.96. The van der Waals surface area contributed by atoms with Gasteiger partial charge in [0.05, 0.1) is 36.6 Å². The molecule has 0 amide bonds. The van der Waals surface area contributed by atoms with Crippen molar-refractivity contribution in [3.63, 3.8) is 0 Å². The molecule has 5 rings (SSSR count). The van der Waals surface area contributed by atoms with Gasteiger partial charge in [-0.2, -0.15) is 5.26 Å². The third kappa shape index (κ3) is 2.59. The van der Waals surface area contributed by atoms with E-state index < -0.39 is 0 Å². The zero-order valence-electron chi connectivity index (χ0n) is 15.1. The minimum atomic E-state index is -0.0742. The lowest BCUT2D eigenvalue weighted by atomic mass is 9.85. The van der Waals surface area contributed by atoms with Gasteiger partial charge in [0, 0.05) is 24.3 Å². The fraction of sp³-hybridized carbons (Fsp3) is 0.364. The van der Waals surface area contributed by atoms with E-state index in [2.05, 4.69) is 26.9 Å². The van der Waals surface area contributed by atoms with Crippen molar-refractivity contribution in [1.82, 2.24) is 4.90 Å². The monoisotopic (exact) mass is 360 g/mol. The van der Waals surface area contributed by atoms with Crippen LogP contribution >= 0.6 is 0 Å². The first-order valence-electron chi connectivity index (χ1n) is 9.57. The van der Waals surface area contributed by atoms with Crippen LogP contribution in [0.4, 0.5) is 10.1 Å². The average Bonchev–Trinajstić information content (AvgIpc) is 3.30. The molecule has 27 heavy (non-hydrogen) atoms. The SMILES string of the molecule is N#Cc1ccc(N2CCC(C3c4c(F)cccc4C4CN=CN43)CC2)cc1. The van der Waals surface area contributed by atoms with Crippen LogP contribution in [-0.4, -0.2) is 30.9 Å².